The number of amides is 1. The fourth-order valence-corrected chi connectivity index (χ4v) is 4.91. The summed E-state index contributed by atoms with van der Waals surface area (Å²) in [6.07, 6.45) is 9.03. The van der Waals surface area contributed by atoms with Crippen LogP contribution in [-0.4, -0.2) is 63.6 Å². The number of rotatable bonds is 9. The Bertz CT molecular complexity index is 1310. The minimum absolute atomic E-state index is 0.0554. The maximum Gasteiger partial charge on any atom is 0.274 e. The summed E-state index contributed by atoms with van der Waals surface area (Å²) in [4.78, 5) is 30.9. The molecule has 5 rings (SSSR count). The van der Waals surface area contributed by atoms with Crippen LogP contribution in [0.4, 0.5) is 17.3 Å². The van der Waals surface area contributed by atoms with Crippen LogP contribution in [0.2, 0.25) is 0 Å². The van der Waals surface area contributed by atoms with Gasteiger partial charge < -0.3 is 30.4 Å². The smallest absolute Gasteiger partial charge is 0.274 e. The van der Waals surface area contributed by atoms with Gasteiger partial charge in [-0.2, -0.15) is 9.61 Å². The number of hydrogen-bond donors (Lipinski definition) is 4. The Kier molecular flexibility index (Phi) is 6.67. The van der Waals surface area contributed by atoms with Gasteiger partial charge in [-0.1, -0.05) is 0 Å². The second-order valence-electron chi connectivity index (χ2n) is 9.85. The number of methoxy groups -OCH3 is 1. The molecule has 3 aromatic heterocycles. The number of hydrogen-bond acceptors (Lipinski definition) is 8. The van der Waals surface area contributed by atoms with Crippen LogP contribution in [-0.2, 0) is 4.74 Å². The van der Waals surface area contributed by atoms with E-state index in [4.69, 9.17) is 4.74 Å². The lowest BCUT2D eigenvalue weighted by Gasteiger charge is -2.29. The van der Waals surface area contributed by atoms with E-state index in [2.05, 4.69) is 26.0 Å². The Morgan fingerprint density at radius 2 is 2.17 bits per heavy atom. The number of aliphatic hydroxyl groups is 1. The van der Waals surface area contributed by atoms with Gasteiger partial charge >= 0.3 is 0 Å². The summed E-state index contributed by atoms with van der Waals surface area (Å²) >= 11 is 0. The molecule has 0 aliphatic heterocycles. The van der Waals surface area contributed by atoms with Crippen molar-refractivity contribution in [3.63, 3.8) is 0 Å². The van der Waals surface area contributed by atoms with E-state index in [1.807, 2.05) is 12.3 Å². The summed E-state index contributed by atoms with van der Waals surface area (Å²) in [6.45, 7) is 0.463. The number of ether oxygens (including phenoxy) is 1. The van der Waals surface area contributed by atoms with Gasteiger partial charge in [-0.25, -0.2) is 4.98 Å². The van der Waals surface area contributed by atoms with Gasteiger partial charge in [-0.05, 0) is 50.7 Å². The molecule has 2 saturated carbocycles. The highest BCUT2D eigenvalue weighted by Crippen LogP contribution is 2.44. The minimum Gasteiger partial charge on any atom is -0.396 e. The number of nitrogens with zero attached hydrogens (tertiary/aromatic N) is 4. The lowest BCUT2D eigenvalue weighted by molar-refractivity contribution is 0.0525. The number of aliphatic hydroxyl groups excluding tert-OH is 1. The standard InChI is InChI=1S/C25H33N7O4/c1-26-21-12-20(29-19-7-4-10-31(24(19)35)16-5-3-6-17(11-16)36-2)30-22-18(13-28-32(21)22)23(34)27-14-25(15-33)8-9-25/h4,7,10,12-13,16-17,26,33H,3,5-6,8-9,11,14-15H2,1-2H3,(H,27,34)(H,29,30)/t16?,17-/m1/s1. The van der Waals surface area contributed by atoms with E-state index >= 15 is 0 Å². The second kappa shape index (κ2) is 9.90. The second-order valence-corrected chi connectivity index (χ2v) is 9.85. The van der Waals surface area contributed by atoms with Crippen molar-refractivity contribution in [2.45, 2.75) is 50.7 Å². The van der Waals surface area contributed by atoms with E-state index in [1.165, 1.54) is 6.20 Å². The third-order valence-electron chi connectivity index (χ3n) is 7.45. The molecule has 0 bridgehead atoms. The van der Waals surface area contributed by atoms with E-state index in [9.17, 15) is 14.7 Å². The number of nitrogens with one attached hydrogen (secondary N) is 3. The molecule has 36 heavy (non-hydrogen) atoms. The molecule has 2 atom stereocenters. The molecule has 1 amide bonds. The minimum atomic E-state index is -0.302. The van der Waals surface area contributed by atoms with Crippen LogP contribution in [0.1, 0.15) is 54.9 Å². The molecule has 0 radical (unpaired) electrons. The predicted octanol–water partition coefficient (Wildman–Crippen LogP) is 2.31. The van der Waals surface area contributed by atoms with Crippen LogP contribution < -0.4 is 21.5 Å². The summed E-state index contributed by atoms with van der Waals surface area (Å²) in [5, 5.41) is 23.0. The zero-order chi connectivity index (χ0) is 25.3. The van der Waals surface area contributed by atoms with E-state index in [1.54, 1.807) is 35.4 Å². The maximum absolute atomic E-state index is 13.3. The van der Waals surface area contributed by atoms with Gasteiger partial charge in [-0.15, -0.1) is 0 Å². The summed E-state index contributed by atoms with van der Waals surface area (Å²) in [7, 11) is 3.47. The lowest BCUT2D eigenvalue weighted by atomic mass is 9.92. The molecule has 2 aliphatic rings. The van der Waals surface area contributed by atoms with Gasteiger partial charge in [0.2, 0.25) is 0 Å². The first-order valence-electron chi connectivity index (χ1n) is 12.4. The number of carbonyl (C=O) groups excluding carboxylic acids is 1. The maximum atomic E-state index is 13.3. The topological polar surface area (TPSA) is 135 Å². The zero-order valence-electron chi connectivity index (χ0n) is 20.7. The molecular formula is C25H33N7O4. The summed E-state index contributed by atoms with van der Waals surface area (Å²) in [5.41, 5.74) is 0.755. The molecule has 11 nitrogen and oxygen atoms in total. The Morgan fingerprint density at radius 3 is 2.89 bits per heavy atom. The normalized spacial score (nSPS) is 20.8. The van der Waals surface area contributed by atoms with Crippen molar-refractivity contribution >= 4 is 28.9 Å². The third kappa shape index (κ3) is 4.68. The largest absolute Gasteiger partial charge is 0.396 e. The molecule has 0 aromatic carbocycles. The fourth-order valence-electron chi connectivity index (χ4n) is 4.91. The van der Waals surface area contributed by atoms with Crippen molar-refractivity contribution in [3.8, 4) is 0 Å². The number of aromatic nitrogens is 4. The molecule has 2 aliphatic carbocycles. The Labute approximate surface area is 208 Å². The van der Waals surface area contributed by atoms with Gasteiger partial charge in [-0.3, -0.25) is 9.59 Å². The third-order valence-corrected chi connectivity index (χ3v) is 7.45. The van der Waals surface area contributed by atoms with Gasteiger partial charge in [0.1, 0.15) is 22.9 Å². The van der Waals surface area contributed by atoms with Crippen LogP contribution in [0.3, 0.4) is 0 Å². The van der Waals surface area contributed by atoms with Crippen LogP contribution in [0.15, 0.2) is 35.4 Å². The van der Waals surface area contributed by atoms with Crippen molar-refractivity contribution in [2.75, 3.05) is 37.9 Å². The van der Waals surface area contributed by atoms with Crippen molar-refractivity contribution in [1.82, 2.24) is 24.5 Å². The van der Waals surface area contributed by atoms with Gasteiger partial charge in [0.05, 0.1) is 18.9 Å². The Hall–Kier alpha value is -3.44. The van der Waals surface area contributed by atoms with E-state index in [-0.39, 0.29) is 35.6 Å². The van der Waals surface area contributed by atoms with Crippen LogP contribution in [0.25, 0.3) is 5.65 Å². The van der Waals surface area contributed by atoms with Crippen LogP contribution >= 0.6 is 0 Å². The highest BCUT2D eigenvalue weighted by Gasteiger charge is 2.42. The molecule has 4 N–H and O–H groups in total. The average Bonchev–Trinajstić information content (AvgIpc) is 3.57. The fraction of sp³-hybridized carbons (Fsp3) is 0.520. The number of fused-ring (bicyclic) bond motifs is 1. The van der Waals surface area contributed by atoms with Gasteiger partial charge in [0.15, 0.2) is 5.65 Å². The quantitative estimate of drug-likeness (QED) is 0.355. The molecule has 0 spiro atoms. The molecule has 2 fully saturated rings. The first-order valence-corrected chi connectivity index (χ1v) is 12.4. The van der Waals surface area contributed by atoms with Gasteiger partial charge in [0, 0.05) is 44.4 Å². The first-order chi connectivity index (χ1) is 17.5. The highest BCUT2D eigenvalue weighted by atomic mass is 16.5. The lowest BCUT2D eigenvalue weighted by Crippen LogP contribution is -2.32. The number of pyridine rings is 1. The Balaban J connectivity index is 1.42. The van der Waals surface area contributed by atoms with Crippen molar-refractivity contribution in [1.29, 1.82) is 0 Å². The van der Waals surface area contributed by atoms with E-state index in [0.29, 0.717) is 35.1 Å². The average molecular weight is 496 g/mol. The van der Waals surface area contributed by atoms with E-state index < -0.39 is 0 Å². The van der Waals surface area contributed by atoms with Crippen molar-refractivity contribution < 1.29 is 14.6 Å². The predicted molar refractivity (Wildman–Crippen MR) is 136 cm³/mol. The zero-order valence-corrected chi connectivity index (χ0v) is 20.7. The molecule has 3 heterocycles. The molecule has 1 unspecified atom stereocenters. The number of anilines is 3. The highest BCUT2D eigenvalue weighted by molar-refractivity contribution is 6.00. The Morgan fingerprint density at radius 1 is 1.33 bits per heavy atom. The molecule has 0 saturated heterocycles. The monoisotopic (exact) mass is 495 g/mol. The summed E-state index contributed by atoms with van der Waals surface area (Å²) in [5.74, 6) is 0.731. The van der Waals surface area contributed by atoms with Crippen molar-refractivity contribution in [2.24, 2.45) is 5.41 Å². The summed E-state index contributed by atoms with van der Waals surface area (Å²) in [6, 6.07) is 5.41. The first kappa shape index (κ1) is 24.3. The number of carbonyl (C=O) groups is 1. The molecular weight excluding hydrogens is 462 g/mol. The van der Waals surface area contributed by atoms with E-state index in [0.717, 1.165) is 38.5 Å². The van der Waals surface area contributed by atoms with Crippen LogP contribution in [0, 0.1) is 5.41 Å². The molecule has 192 valence electrons. The summed E-state index contributed by atoms with van der Waals surface area (Å²) < 4.78 is 8.87. The molecule has 3 aromatic rings. The SMILES string of the molecule is CNc1cc(Nc2cccn(C3CCC[C@@H](OC)C3)c2=O)nc2c(C(=O)NCC3(CO)CC3)cnn12. The van der Waals surface area contributed by atoms with Crippen LogP contribution in [0.5, 0.6) is 0 Å². The molecule has 11 heteroatoms. The van der Waals surface area contributed by atoms with Crippen molar-refractivity contribution in [3.05, 3.63) is 46.5 Å². The van der Waals surface area contributed by atoms with Gasteiger partial charge in [0.25, 0.3) is 11.5 Å².